The molecule has 0 atom stereocenters. The number of anilines is 2. The number of hydrogen-bond donors (Lipinski definition) is 2. The van der Waals surface area contributed by atoms with Gasteiger partial charge in [0, 0.05) is 37.5 Å². The number of nitrogens with two attached hydrogens (primary N) is 1. The number of amides is 1. The van der Waals surface area contributed by atoms with E-state index >= 15 is 0 Å². The van der Waals surface area contributed by atoms with E-state index in [0.717, 1.165) is 0 Å². The first-order chi connectivity index (χ1) is 9.78. The fourth-order valence-corrected chi connectivity index (χ4v) is 2.40. The van der Waals surface area contributed by atoms with E-state index < -0.39 is 5.92 Å². The minimum Gasteiger partial charge on any atom is -0.397 e. The molecule has 0 aromatic heterocycles. The van der Waals surface area contributed by atoms with Crippen LogP contribution in [0.2, 0.25) is 0 Å². The predicted octanol–water partition coefficient (Wildman–Crippen LogP) is 2.64. The van der Waals surface area contributed by atoms with Gasteiger partial charge in [-0.15, -0.1) is 0 Å². The second-order valence-corrected chi connectivity index (χ2v) is 5.74. The molecule has 6 heteroatoms. The van der Waals surface area contributed by atoms with E-state index in [1.807, 2.05) is 18.7 Å². The number of carbonyl (C=O) groups excluding carboxylic acids is 1. The summed E-state index contributed by atoms with van der Waals surface area (Å²) in [6, 6.07) is 5.05. The zero-order chi connectivity index (χ0) is 15.6. The molecule has 1 aromatic rings. The Hall–Kier alpha value is -1.85. The van der Waals surface area contributed by atoms with Gasteiger partial charge in [0.05, 0.1) is 11.4 Å². The molecule has 0 aliphatic carbocycles. The van der Waals surface area contributed by atoms with Gasteiger partial charge < -0.3 is 16.0 Å². The van der Waals surface area contributed by atoms with E-state index in [2.05, 4.69) is 5.32 Å². The molecule has 0 saturated carbocycles. The van der Waals surface area contributed by atoms with Crippen LogP contribution in [0, 0.1) is 0 Å². The molecule has 2 rings (SSSR count). The Balaban J connectivity index is 2.11. The second-order valence-electron chi connectivity index (χ2n) is 5.74. The maximum atomic E-state index is 13.2. The highest BCUT2D eigenvalue weighted by atomic mass is 19.3. The van der Waals surface area contributed by atoms with E-state index in [4.69, 9.17) is 5.73 Å². The lowest BCUT2D eigenvalue weighted by Gasteiger charge is -2.34. The van der Waals surface area contributed by atoms with Crippen molar-refractivity contribution in [2.24, 2.45) is 0 Å². The maximum Gasteiger partial charge on any atom is 0.251 e. The third-order valence-corrected chi connectivity index (χ3v) is 3.55. The zero-order valence-corrected chi connectivity index (χ0v) is 12.3. The van der Waals surface area contributed by atoms with Gasteiger partial charge in [-0.2, -0.15) is 0 Å². The Bertz CT molecular complexity index is 522. The Kier molecular flexibility index (Phi) is 4.34. The minimum atomic E-state index is -2.58. The molecule has 1 saturated heterocycles. The highest BCUT2D eigenvalue weighted by Gasteiger charge is 2.34. The van der Waals surface area contributed by atoms with Crippen molar-refractivity contribution in [1.82, 2.24) is 5.32 Å². The molecular formula is C15H21F2N3O. The summed E-state index contributed by atoms with van der Waals surface area (Å²) in [7, 11) is 0. The van der Waals surface area contributed by atoms with Gasteiger partial charge in [0.25, 0.3) is 11.8 Å². The van der Waals surface area contributed by atoms with Gasteiger partial charge in [-0.05, 0) is 32.0 Å². The number of halogens is 2. The number of nitrogen functional groups attached to an aromatic ring is 1. The summed E-state index contributed by atoms with van der Waals surface area (Å²) in [6.07, 6.45) is -0.329. The molecule has 0 spiro atoms. The highest BCUT2D eigenvalue weighted by Crippen LogP contribution is 2.33. The number of alkyl halides is 2. The smallest absolute Gasteiger partial charge is 0.251 e. The summed E-state index contributed by atoms with van der Waals surface area (Å²) < 4.78 is 26.3. The highest BCUT2D eigenvalue weighted by molar-refractivity contribution is 5.96. The quantitative estimate of drug-likeness (QED) is 0.843. The van der Waals surface area contributed by atoms with E-state index in [1.165, 1.54) is 0 Å². The fraction of sp³-hybridized carbons (Fsp3) is 0.533. The van der Waals surface area contributed by atoms with Crippen LogP contribution < -0.4 is 16.0 Å². The van der Waals surface area contributed by atoms with Gasteiger partial charge in [0.1, 0.15) is 0 Å². The van der Waals surface area contributed by atoms with Crippen LogP contribution in [-0.4, -0.2) is 31.0 Å². The topological polar surface area (TPSA) is 58.4 Å². The Morgan fingerprint density at radius 3 is 2.48 bits per heavy atom. The molecule has 3 N–H and O–H groups in total. The molecule has 1 fully saturated rings. The van der Waals surface area contributed by atoms with E-state index in [9.17, 15) is 13.6 Å². The standard InChI is InChI=1S/C15H21F2N3O/c1-10(2)19-14(21)11-3-4-13(12(18)9-11)20-7-5-15(16,17)6-8-20/h3-4,9-10H,5-8,18H2,1-2H3,(H,19,21). The van der Waals surface area contributed by atoms with E-state index in [1.54, 1.807) is 18.2 Å². The average molecular weight is 297 g/mol. The number of carbonyl (C=O) groups is 1. The third-order valence-electron chi connectivity index (χ3n) is 3.55. The number of piperidine rings is 1. The molecule has 0 bridgehead atoms. The molecular weight excluding hydrogens is 276 g/mol. The van der Waals surface area contributed by atoms with E-state index in [-0.39, 0.29) is 37.9 Å². The summed E-state index contributed by atoms with van der Waals surface area (Å²) in [5, 5.41) is 2.79. The number of hydrogen-bond acceptors (Lipinski definition) is 3. The predicted molar refractivity (Wildman–Crippen MR) is 79.9 cm³/mol. The van der Waals surface area contributed by atoms with Gasteiger partial charge in [-0.25, -0.2) is 8.78 Å². The van der Waals surface area contributed by atoms with Crippen molar-refractivity contribution in [3.8, 4) is 0 Å². The largest absolute Gasteiger partial charge is 0.397 e. The molecule has 0 unspecified atom stereocenters. The first-order valence-corrected chi connectivity index (χ1v) is 7.12. The number of nitrogens with zero attached hydrogens (tertiary/aromatic N) is 1. The fourth-order valence-electron chi connectivity index (χ4n) is 2.40. The van der Waals surface area contributed by atoms with Crippen LogP contribution >= 0.6 is 0 Å². The van der Waals surface area contributed by atoms with Crippen molar-refractivity contribution in [3.63, 3.8) is 0 Å². The summed E-state index contributed by atoms with van der Waals surface area (Å²) in [4.78, 5) is 13.7. The van der Waals surface area contributed by atoms with Crippen molar-refractivity contribution < 1.29 is 13.6 Å². The van der Waals surface area contributed by atoms with Crippen molar-refractivity contribution >= 4 is 17.3 Å². The van der Waals surface area contributed by atoms with Gasteiger partial charge in [-0.3, -0.25) is 4.79 Å². The van der Waals surface area contributed by atoms with Crippen molar-refractivity contribution in [1.29, 1.82) is 0 Å². The minimum absolute atomic E-state index is 0.0442. The lowest BCUT2D eigenvalue weighted by molar-refractivity contribution is -0.0220. The van der Waals surface area contributed by atoms with Crippen LogP contribution in [0.3, 0.4) is 0 Å². The Morgan fingerprint density at radius 2 is 1.95 bits per heavy atom. The number of rotatable bonds is 3. The molecule has 1 aromatic carbocycles. The molecule has 21 heavy (non-hydrogen) atoms. The average Bonchev–Trinajstić information content (AvgIpc) is 2.38. The summed E-state index contributed by atoms with van der Waals surface area (Å²) >= 11 is 0. The molecule has 1 amide bonds. The van der Waals surface area contributed by atoms with Gasteiger partial charge in [0.2, 0.25) is 0 Å². The lowest BCUT2D eigenvalue weighted by Crippen LogP contribution is -2.39. The van der Waals surface area contributed by atoms with Crippen LogP contribution in [0.4, 0.5) is 20.2 Å². The molecule has 1 aliphatic heterocycles. The van der Waals surface area contributed by atoms with Crippen molar-refractivity contribution in [3.05, 3.63) is 23.8 Å². The van der Waals surface area contributed by atoms with Crippen LogP contribution in [0.5, 0.6) is 0 Å². The SMILES string of the molecule is CC(C)NC(=O)c1ccc(N2CCC(F)(F)CC2)c(N)c1. The first-order valence-electron chi connectivity index (χ1n) is 7.12. The van der Waals surface area contributed by atoms with Crippen LogP contribution in [0.1, 0.15) is 37.0 Å². The summed E-state index contributed by atoms with van der Waals surface area (Å²) in [5.41, 5.74) is 7.61. The third kappa shape index (κ3) is 3.83. The Morgan fingerprint density at radius 1 is 1.33 bits per heavy atom. The van der Waals surface area contributed by atoms with Crippen molar-refractivity contribution in [2.75, 3.05) is 23.7 Å². The van der Waals surface area contributed by atoms with Crippen molar-refractivity contribution in [2.45, 2.75) is 38.7 Å². The zero-order valence-electron chi connectivity index (χ0n) is 12.3. The van der Waals surface area contributed by atoms with E-state index in [0.29, 0.717) is 16.9 Å². The van der Waals surface area contributed by atoms with Crippen LogP contribution in [0.15, 0.2) is 18.2 Å². The van der Waals surface area contributed by atoms with Gasteiger partial charge >= 0.3 is 0 Å². The molecule has 0 radical (unpaired) electrons. The number of benzene rings is 1. The first kappa shape index (κ1) is 15.5. The summed E-state index contributed by atoms with van der Waals surface area (Å²) in [6.45, 7) is 4.30. The molecule has 4 nitrogen and oxygen atoms in total. The van der Waals surface area contributed by atoms with Gasteiger partial charge in [0.15, 0.2) is 0 Å². The summed E-state index contributed by atoms with van der Waals surface area (Å²) in [5.74, 6) is -2.77. The van der Waals surface area contributed by atoms with Crippen LogP contribution in [0.25, 0.3) is 0 Å². The lowest BCUT2D eigenvalue weighted by atomic mass is 10.0. The van der Waals surface area contributed by atoms with Crippen LogP contribution in [-0.2, 0) is 0 Å². The second kappa shape index (κ2) is 5.87. The molecule has 1 aliphatic rings. The van der Waals surface area contributed by atoms with Gasteiger partial charge in [-0.1, -0.05) is 0 Å². The monoisotopic (exact) mass is 297 g/mol. The Labute approximate surface area is 123 Å². The molecule has 1 heterocycles. The number of nitrogens with one attached hydrogen (secondary N) is 1. The normalized spacial score (nSPS) is 17.9. The maximum absolute atomic E-state index is 13.2. The molecule has 116 valence electrons.